The second kappa shape index (κ2) is 8.22. The maximum absolute atomic E-state index is 6.65. The SMILES string of the molecule is CNC1(N)C=C2CCN3C[C@H](c4cc(C)ccn4)[C@@H](N)C[C@H]3C2=CC1OC.Cl. The van der Waals surface area contributed by atoms with Crippen LogP contribution in [0.5, 0.6) is 0 Å². The van der Waals surface area contributed by atoms with Gasteiger partial charge in [0, 0.05) is 50.1 Å². The minimum Gasteiger partial charge on any atom is -0.374 e. The summed E-state index contributed by atoms with van der Waals surface area (Å²) < 4.78 is 5.69. The number of piperidine rings is 2. The number of ether oxygens (including phenoxy) is 1. The van der Waals surface area contributed by atoms with E-state index in [1.807, 2.05) is 19.3 Å². The van der Waals surface area contributed by atoms with Gasteiger partial charge in [-0.3, -0.25) is 15.2 Å². The fourth-order valence-electron chi connectivity index (χ4n) is 4.88. The van der Waals surface area contributed by atoms with Gasteiger partial charge >= 0.3 is 0 Å². The molecule has 28 heavy (non-hydrogen) atoms. The van der Waals surface area contributed by atoms with Crippen LogP contribution in [0, 0.1) is 6.92 Å². The average Bonchev–Trinajstić information content (AvgIpc) is 2.67. The molecule has 154 valence electrons. The number of hydrogen-bond acceptors (Lipinski definition) is 6. The quantitative estimate of drug-likeness (QED) is 0.659. The van der Waals surface area contributed by atoms with E-state index in [1.165, 1.54) is 16.7 Å². The Morgan fingerprint density at radius 3 is 2.86 bits per heavy atom. The highest BCUT2D eigenvalue weighted by atomic mass is 35.5. The molecule has 3 aliphatic rings. The predicted octanol–water partition coefficient (Wildman–Crippen LogP) is 1.46. The number of nitrogens with zero attached hydrogens (tertiary/aromatic N) is 2. The normalized spacial score (nSPS) is 35.2. The third-order valence-corrected chi connectivity index (χ3v) is 6.50. The Morgan fingerprint density at radius 2 is 2.18 bits per heavy atom. The van der Waals surface area contributed by atoms with Crippen LogP contribution < -0.4 is 16.8 Å². The van der Waals surface area contributed by atoms with E-state index in [-0.39, 0.29) is 30.5 Å². The lowest BCUT2D eigenvalue weighted by atomic mass is 9.75. The zero-order valence-corrected chi connectivity index (χ0v) is 17.7. The lowest BCUT2D eigenvalue weighted by Crippen LogP contribution is -2.62. The topological polar surface area (TPSA) is 89.4 Å². The molecule has 4 rings (SSSR count). The Labute approximate surface area is 173 Å². The van der Waals surface area contributed by atoms with Crippen LogP contribution in [0.4, 0.5) is 0 Å². The third kappa shape index (κ3) is 3.65. The summed E-state index contributed by atoms with van der Waals surface area (Å²) in [6, 6.07) is 4.64. The van der Waals surface area contributed by atoms with Gasteiger partial charge in [-0.2, -0.15) is 0 Å². The highest BCUT2D eigenvalue weighted by molar-refractivity contribution is 5.85. The fraction of sp³-hybridized carbons (Fsp3) is 0.571. The molecule has 2 aliphatic heterocycles. The molecule has 1 aliphatic carbocycles. The first-order chi connectivity index (χ1) is 12.9. The molecule has 0 spiro atoms. The predicted molar refractivity (Wildman–Crippen MR) is 114 cm³/mol. The van der Waals surface area contributed by atoms with Crippen molar-refractivity contribution in [1.29, 1.82) is 0 Å². The van der Waals surface area contributed by atoms with E-state index in [1.54, 1.807) is 7.11 Å². The van der Waals surface area contributed by atoms with Crippen molar-refractivity contribution in [2.24, 2.45) is 11.5 Å². The van der Waals surface area contributed by atoms with Gasteiger partial charge in [-0.15, -0.1) is 12.4 Å². The molecule has 2 fully saturated rings. The van der Waals surface area contributed by atoms with Gasteiger partial charge in [-0.25, -0.2) is 0 Å². The molecule has 0 saturated carbocycles. The standard InChI is InChI=1S/C21H31N5O.ClH/c1-13-4-6-25-18(8-13)16-12-26-7-5-14-11-21(23,24-2)20(27-3)9-15(14)19(26)10-17(16)22;/h4,6,8-9,11,16-17,19-20,24H,5,7,10,12,22-23H2,1-3H3;1H/t16-,17-,19-,20?,21?;/m0./s1. The van der Waals surface area contributed by atoms with Crippen molar-refractivity contribution in [3.63, 3.8) is 0 Å². The summed E-state index contributed by atoms with van der Waals surface area (Å²) in [5, 5.41) is 3.21. The van der Waals surface area contributed by atoms with Gasteiger partial charge in [-0.1, -0.05) is 0 Å². The van der Waals surface area contributed by atoms with Crippen molar-refractivity contribution in [3.8, 4) is 0 Å². The van der Waals surface area contributed by atoms with Crippen LogP contribution in [0.25, 0.3) is 0 Å². The number of aromatic nitrogens is 1. The number of pyridine rings is 1. The summed E-state index contributed by atoms with van der Waals surface area (Å²) in [4.78, 5) is 7.18. The molecule has 2 saturated heterocycles. The lowest BCUT2D eigenvalue weighted by molar-refractivity contribution is 0.0706. The third-order valence-electron chi connectivity index (χ3n) is 6.50. The summed E-state index contributed by atoms with van der Waals surface area (Å²) >= 11 is 0. The first-order valence-electron chi connectivity index (χ1n) is 9.81. The first kappa shape index (κ1) is 21.4. The highest BCUT2D eigenvalue weighted by Gasteiger charge is 2.44. The molecular formula is C21H32ClN5O. The molecule has 5 N–H and O–H groups in total. The van der Waals surface area contributed by atoms with E-state index in [0.29, 0.717) is 6.04 Å². The van der Waals surface area contributed by atoms with Crippen LogP contribution in [0.3, 0.4) is 0 Å². The number of rotatable bonds is 3. The molecule has 0 bridgehead atoms. The second-order valence-corrected chi connectivity index (χ2v) is 8.16. The molecule has 3 heterocycles. The largest absolute Gasteiger partial charge is 0.374 e. The highest BCUT2D eigenvalue weighted by Crippen LogP contribution is 2.41. The van der Waals surface area contributed by atoms with Crippen molar-refractivity contribution in [2.45, 2.75) is 49.5 Å². The molecule has 1 aromatic heterocycles. The molecule has 0 amide bonds. The van der Waals surface area contributed by atoms with Crippen LogP contribution in [-0.2, 0) is 4.74 Å². The summed E-state index contributed by atoms with van der Waals surface area (Å²) in [7, 11) is 3.60. The van der Waals surface area contributed by atoms with Gasteiger partial charge < -0.3 is 16.2 Å². The van der Waals surface area contributed by atoms with E-state index in [4.69, 9.17) is 16.2 Å². The number of likely N-dealkylation sites (N-methyl/N-ethyl adjacent to an activating group) is 1. The lowest BCUT2D eigenvalue weighted by Gasteiger charge is -2.49. The Bertz CT molecular complexity index is 782. The van der Waals surface area contributed by atoms with Crippen molar-refractivity contribution in [2.75, 3.05) is 27.2 Å². The monoisotopic (exact) mass is 405 g/mol. The molecule has 6 nitrogen and oxygen atoms in total. The molecule has 2 unspecified atom stereocenters. The molecule has 0 radical (unpaired) electrons. The Kier molecular flexibility index (Phi) is 6.29. The summed E-state index contributed by atoms with van der Waals surface area (Å²) in [5.74, 6) is 0.278. The van der Waals surface area contributed by atoms with E-state index in [2.05, 4.69) is 40.3 Å². The Morgan fingerprint density at radius 1 is 1.39 bits per heavy atom. The molecular weight excluding hydrogens is 374 g/mol. The fourth-order valence-corrected chi connectivity index (χ4v) is 4.88. The molecule has 7 heteroatoms. The van der Waals surface area contributed by atoms with E-state index < -0.39 is 5.66 Å². The summed E-state index contributed by atoms with van der Waals surface area (Å²) in [6.07, 6.45) is 8.01. The number of nitrogens with two attached hydrogens (primary N) is 2. The first-order valence-corrected chi connectivity index (χ1v) is 9.81. The van der Waals surface area contributed by atoms with Gasteiger partial charge in [0.25, 0.3) is 0 Å². The molecule has 1 aromatic rings. The minimum atomic E-state index is -0.652. The zero-order valence-electron chi connectivity index (χ0n) is 16.9. The van der Waals surface area contributed by atoms with E-state index >= 15 is 0 Å². The maximum atomic E-state index is 6.65. The Balaban J connectivity index is 0.00000225. The number of hydrogen-bond donors (Lipinski definition) is 3. The summed E-state index contributed by atoms with van der Waals surface area (Å²) in [5.41, 5.74) is 17.6. The second-order valence-electron chi connectivity index (χ2n) is 8.16. The van der Waals surface area contributed by atoms with Crippen LogP contribution in [0.1, 0.15) is 30.0 Å². The van der Waals surface area contributed by atoms with E-state index in [0.717, 1.165) is 31.6 Å². The van der Waals surface area contributed by atoms with Gasteiger partial charge in [0.2, 0.25) is 0 Å². The van der Waals surface area contributed by atoms with Crippen LogP contribution >= 0.6 is 12.4 Å². The molecule has 5 atom stereocenters. The molecule has 0 aromatic carbocycles. The van der Waals surface area contributed by atoms with Crippen molar-refractivity contribution < 1.29 is 4.74 Å². The van der Waals surface area contributed by atoms with Crippen LogP contribution in [-0.4, -0.2) is 61.0 Å². The van der Waals surface area contributed by atoms with Gasteiger partial charge in [0.15, 0.2) is 0 Å². The van der Waals surface area contributed by atoms with Crippen molar-refractivity contribution in [3.05, 3.63) is 52.9 Å². The van der Waals surface area contributed by atoms with Gasteiger partial charge in [0.05, 0.1) is 0 Å². The van der Waals surface area contributed by atoms with E-state index in [9.17, 15) is 0 Å². The van der Waals surface area contributed by atoms with Crippen molar-refractivity contribution in [1.82, 2.24) is 15.2 Å². The summed E-state index contributed by atoms with van der Waals surface area (Å²) in [6.45, 7) is 4.09. The smallest absolute Gasteiger partial charge is 0.116 e. The van der Waals surface area contributed by atoms with Crippen molar-refractivity contribution >= 4 is 12.4 Å². The Hall–Kier alpha value is -1.28. The number of halogens is 1. The van der Waals surface area contributed by atoms with Gasteiger partial charge in [-0.05, 0) is 67.8 Å². The number of methoxy groups -OCH3 is 1. The zero-order chi connectivity index (χ0) is 19.2. The van der Waals surface area contributed by atoms with Gasteiger partial charge in [0.1, 0.15) is 11.8 Å². The number of aryl methyl sites for hydroxylation is 1. The minimum absolute atomic E-state index is 0. The average molecular weight is 406 g/mol. The number of nitrogens with one attached hydrogen (secondary N) is 1. The maximum Gasteiger partial charge on any atom is 0.116 e. The van der Waals surface area contributed by atoms with Crippen LogP contribution in [0.15, 0.2) is 41.6 Å². The number of fused-ring (bicyclic) bond motifs is 3. The van der Waals surface area contributed by atoms with Crippen LogP contribution in [0.2, 0.25) is 0 Å².